The fourth-order valence-electron chi connectivity index (χ4n) is 3.48. The average Bonchev–Trinajstić information content (AvgIpc) is 2.81. The third kappa shape index (κ3) is 5.18. The Kier molecular flexibility index (Phi) is 7.03. The number of nitrogens with zero attached hydrogens (tertiary/aromatic N) is 1. The molecule has 1 aliphatic rings. The van der Waals surface area contributed by atoms with E-state index in [0.717, 1.165) is 6.42 Å². The molecule has 0 bridgehead atoms. The Morgan fingerprint density at radius 2 is 1.91 bits per heavy atom. The number of amides is 1. The summed E-state index contributed by atoms with van der Waals surface area (Å²) in [7, 11) is -3.88. The minimum absolute atomic E-state index is 0.00382. The summed E-state index contributed by atoms with van der Waals surface area (Å²) in [6.07, 6.45) is 0.851. The lowest BCUT2D eigenvalue weighted by Gasteiger charge is -2.28. The van der Waals surface area contributed by atoms with Crippen LogP contribution in [-0.2, 0) is 14.8 Å². The molecule has 1 aliphatic heterocycles. The summed E-state index contributed by atoms with van der Waals surface area (Å²) in [6.45, 7) is 10.9. The molecule has 1 heterocycles. The predicted octanol–water partition coefficient (Wildman–Crippen LogP) is 4.68. The highest BCUT2D eigenvalue weighted by atomic mass is 32.2. The second kappa shape index (κ2) is 9.40. The van der Waals surface area contributed by atoms with Gasteiger partial charge in [0, 0.05) is 12.6 Å². The van der Waals surface area contributed by atoms with Crippen molar-refractivity contribution in [1.29, 1.82) is 0 Å². The standard InChI is InChI=1S/C24H32N2O5S/c1-6-30-20-9-7-8-10-22(20)32(28,29)25-18-11-12-19-21(15-18)31-16-24(4,5)23(27)26(19)14-13-17(2)3/h7-12,15,17,25H,6,13-14,16H2,1-5H3. The second-order valence-corrected chi connectivity index (χ2v) is 10.6. The zero-order valence-corrected chi connectivity index (χ0v) is 20.2. The molecular weight excluding hydrogens is 428 g/mol. The Labute approximate surface area is 190 Å². The molecule has 3 rings (SSSR count). The first-order valence-electron chi connectivity index (χ1n) is 10.9. The van der Waals surface area contributed by atoms with Crippen LogP contribution in [0.2, 0.25) is 0 Å². The second-order valence-electron chi connectivity index (χ2n) is 8.98. The number of anilines is 2. The number of nitrogens with one attached hydrogen (secondary N) is 1. The lowest BCUT2D eigenvalue weighted by molar-refractivity contribution is -0.127. The third-order valence-electron chi connectivity index (χ3n) is 5.28. The summed E-state index contributed by atoms with van der Waals surface area (Å²) in [5.41, 5.74) is 0.316. The number of benzene rings is 2. The molecule has 174 valence electrons. The first kappa shape index (κ1) is 23.9. The lowest BCUT2D eigenvalue weighted by atomic mass is 9.92. The van der Waals surface area contributed by atoms with E-state index in [-0.39, 0.29) is 17.4 Å². The predicted molar refractivity (Wildman–Crippen MR) is 126 cm³/mol. The molecule has 0 unspecified atom stereocenters. The van der Waals surface area contributed by atoms with Gasteiger partial charge in [0.05, 0.1) is 23.4 Å². The third-order valence-corrected chi connectivity index (χ3v) is 6.70. The van der Waals surface area contributed by atoms with E-state index in [9.17, 15) is 13.2 Å². The van der Waals surface area contributed by atoms with E-state index >= 15 is 0 Å². The summed E-state index contributed by atoms with van der Waals surface area (Å²) in [6, 6.07) is 11.5. The van der Waals surface area contributed by atoms with Gasteiger partial charge >= 0.3 is 0 Å². The van der Waals surface area contributed by atoms with E-state index in [1.54, 1.807) is 48.2 Å². The van der Waals surface area contributed by atoms with Crippen LogP contribution in [-0.4, -0.2) is 34.1 Å². The maximum Gasteiger partial charge on any atom is 0.265 e. The molecular formula is C24H32N2O5S. The maximum atomic E-state index is 13.2. The van der Waals surface area contributed by atoms with Gasteiger partial charge in [-0.25, -0.2) is 8.42 Å². The summed E-state index contributed by atoms with van der Waals surface area (Å²) in [4.78, 5) is 15.0. The van der Waals surface area contributed by atoms with E-state index in [4.69, 9.17) is 9.47 Å². The van der Waals surface area contributed by atoms with E-state index in [1.807, 2.05) is 13.8 Å². The first-order chi connectivity index (χ1) is 15.0. The average molecular weight is 461 g/mol. The Bertz CT molecular complexity index is 1080. The van der Waals surface area contributed by atoms with Crippen LogP contribution in [0.5, 0.6) is 11.5 Å². The number of ether oxygens (including phenoxy) is 2. The fraction of sp³-hybridized carbons (Fsp3) is 0.458. The minimum Gasteiger partial charge on any atom is -0.492 e. The molecule has 0 aromatic heterocycles. The molecule has 2 aromatic carbocycles. The Balaban J connectivity index is 1.94. The van der Waals surface area contributed by atoms with Gasteiger partial charge in [0.2, 0.25) is 5.91 Å². The van der Waals surface area contributed by atoms with E-state index < -0.39 is 15.4 Å². The van der Waals surface area contributed by atoms with Crippen molar-refractivity contribution in [2.75, 3.05) is 29.4 Å². The van der Waals surface area contributed by atoms with Gasteiger partial charge in [-0.1, -0.05) is 26.0 Å². The first-order valence-corrected chi connectivity index (χ1v) is 12.4. The van der Waals surface area contributed by atoms with Crippen LogP contribution in [0.15, 0.2) is 47.4 Å². The van der Waals surface area contributed by atoms with E-state index in [0.29, 0.717) is 41.9 Å². The molecule has 0 aliphatic carbocycles. The molecule has 8 heteroatoms. The zero-order chi connectivity index (χ0) is 23.5. The molecule has 0 spiro atoms. The van der Waals surface area contributed by atoms with Gasteiger partial charge in [0.25, 0.3) is 10.0 Å². The number of carbonyl (C=O) groups is 1. The lowest BCUT2D eigenvalue weighted by Crippen LogP contribution is -2.42. The number of rotatable bonds is 8. The maximum absolute atomic E-state index is 13.2. The van der Waals surface area contributed by atoms with Crippen molar-refractivity contribution in [1.82, 2.24) is 0 Å². The van der Waals surface area contributed by atoms with Crippen molar-refractivity contribution in [3.63, 3.8) is 0 Å². The number of hydrogen-bond acceptors (Lipinski definition) is 5. The number of hydrogen-bond donors (Lipinski definition) is 1. The quantitative estimate of drug-likeness (QED) is 0.618. The summed E-state index contributed by atoms with van der Waals surface area (Å²) < 4.78 is 40.1. The molecule has 0 radical (unpaired) electrons. The molecule has 32 heavy (non-hydrogen) atoms. The van der Waals surface area contributed by atoms with E-state index in [1.165, 1.54) is 6.07 Å². The molecule has 0 saturated carbocycles. The highest BCUT2D eigenvalue weighted by Crippen LogP contribution is 2.39. The van der Waals surface area contributed by atoms with Crippen LogP contribution in [0.3, 0.4) is 0 Å². The van der Waals surface area contributed by atoms with Crippen molar-refractivity contribution >= 4 is 27.3 Å². The Morgan fingerprint density at radius 1 is 1.19 bits per heavy atom. The van der Waals surface area contributed by atoms with Crippen molar-refractivity contribution < 1.29 is 22.7 Å². The van der Waals surface area contributed by atoms with Crippen molar-refractivity contribution in [2.45, 2.75) is 45.9 Å². The molecule has 2 aromatic rings. The Morgan fingerprint density at radius 3 is 2.59 bits per heavy atom. The number of carbonyl (C=O) groups excluding carboxylic acids is 1. The largest absolute Gasteiger partial charge is 0.492 e. The summed E-state index contributed by atoms with van der Waals surface area (Å²) >= 11 is 0. The van der Waals surface area contributed by atoms with Crippen LogP contribution < -0.4 is 19.1 Å². The van der Waals surface area contributed by atoms with Gasteiger partial charge in [-0.05, 0) is 57.4 Å². The van der Waals surface area contributed by atoms with Gasteiger partial charge in [-0.15, -0.1) is 0 Å². The van der Waals surface area contributed by atoms with Crippen LogP contribution in [0, 0.1) is 11.3 Å². The smallest absolute Gasteiger partial charge is 0.265 e. The molecule has 1 N–H and O–H groups in total. The van der Waals surface area contributed by atoms with Crippen LogP contribution in [0.25, 0.3) is 0 Å². The fourth-order valence-corrected chi connectivity index (χ4v) is 4.67. The molecule has 0 fully saturated rings. The Hall–Kier alpha value is -2.74. The number of para-hydroxylation sites is 1. The molecule has 1 amide bonds. The van der Waals surface area contributed by atoms with Crippen molar-refractivity contribution in [2.24, 2.45) is 11.3 Å². The van der Waals surface area contributed by atoms with Crippen LogP contribution in [0.4, 0.5) is 11.4 Å². The molecule has 0 saturated heterocycles. The molecule has 0 atom stereocenters. The minimum atomic E-state index is -3.88. The molecule has 7 nitrogen and oxygen atoms in total. The summed E-state index contributed by atoms with van der Waals surface area (Å²) in [5.74, 6) is 1.21. The van der Waals surface area contributed by atoms with Gasteiger partial charge in [-0.3, -0.25) is 9.52 Å². The van der Waals surface area contributed by atoms with Gasteiger partial charge < -0.3 is 14.4 Å². The van der Waals surface area contributed by atoms with Gasteiger partial charge in [-0.2, -0.15) is 0 Å². The highest BCUT2D eigenvalue weighted by Gasteiger charge is 2.37. The SMILES string of the molecule is CCOc1ccccc1S(=O)(=O)Nc1ccc2c(c1)OCC(C)(C)C(=O)N2CCC(C)C. The van der Waals surface area contributed by atoms with Crippen molar-refractivity contribution in [3.05, 3.63) is 42.5 Å². The number of fused-ring (bicyclic) bond motifs is 1. The van der Waals surface area contributed by atoms with Crippen LogP contribution >= 0.6 is 0 Å². The van der Waals surface area contributed by atoms with Gasteiger partial charge in [0.15, 0.2) is 0 Å². The van der Waals surface area contributed by atoms with Gasteiger partial charge in [0.1, 0.15) is 23.0 Å². The number of sulfonamides is 1. The normalized spacial score (nSPS) is 15.7. The van der Waals surface area contributed by atoms with Crippen molar-refractivity contribution in [3.8, 4) is 11.5 Å². The monoisotopic (exact) mass is 460 g/mol. The highest BCUT2D eigenvalue weighted by molar-refractivity contribution is 7.92. The zero-order valence-electron chi connectivity index (χ0n) is 19.3. The van der Waals surface area contributed by atoms with Crippen LogP contribution in [0.1, 0.15) is 41.0 Å². The van der Waals surface area contributed by atoms with E-state index in [2.05, 4.69) is 18.6 Å². The summed E-state index contributed by atoms with van der Waals surface area (Å²) in [5, 5.41) is 0. The topological polar surface area (TPSA) is 84.9 Å².